The van der Waals surface area contributed by atoms with Gasteiger partial charge in [0.15, 0.2) is 0 Å². The van der Waals surface area contributed by atoms with E-state index in [0.717, 1.165) is 36.3 Å². The molecule has 0 fully saturated rings. The Labute approximate surface area is 128 Å². The highest BCUT2D eigenvalue weighted by Crippen LogP contribution is 2.16. The molecule has 1 aromatic heterocycles. The highest BCUT2D eigenvalue weighted by Gasteiger charge is 2.22. The SMILES string of the molecule is CCCn1nc(C)c(C(=O)N(C)CCC(N)C(C)C)c1C. The second-order valence-corrected chi connectivity index (χ2v) is 6.19. The van der Waals surface area contributed by atoms with E-state index in [1.807, 2.05) is 25.6 Å². The topological polar surface area (TPSA) is 64.2 Å². The number of nitrogens with zero attached hydrogens (tertiary/aromatic N) is 3. The van der Waals surface area contributed by atoms with Gasteiger partial charge in [-0.15, -0.1) is 0 Å². The molecule has 1 aromatic rings. The van der Waals surface area contributed by atoms with Crippen LogP contribution in [0, 0.1) is 19.8 Å². The monoisotopic (exact) mass is 294 g/mol. The van der Waals surface area contributed by atoms with Gasteiger partial charge in [-0.3, -0.25) is 9.48 Å². The van der Waals surface area contributed by atoms with Crippen molar-refractivity contribution in [3.63, 3.8) is 0 Å². The van der Waals surface area contributed by atoms with Crippen molar-refractivity contribution in [1.82, 2.24) is 14.7 Å². The van der Waals surface area contributed by atoms with Crippen LogP contribution >= 0.6 is 0 Å². The molecule has 21 heavy (non-hydrogen) atoms. The number of nitrogens with two attached hydrogens (primary N) is 1. The lowest BCUT2D eigenvalue weighted by Crippen LogP contribution is -2.35. The number of aromatic nitrogens is 2. The Morgan fingerprint density at radius 2 is 2.00 bits per heavy atom. The van der Waals surface area contributed by atoms with Crippen LogP contribution in [0.25, 0.3) is 0 Å². The summed E-state index contributed by atoms with van der Waals surface area (Å²) in [7, 11) is 1.84. The van der Waals surface area contributed by atoms with Gasteiger partial charge in [0.05, 0.1) is 11.3 Å². The number of aryl methyl sites for hydroxylation is 2. The standard InChI is InChI=1S/C16H30N4O/c1-7-9-20-13(5)15(12(4)18-20)16(21)19(6)10-8-14(17)11(2)3/h11,14H,7-10,17H2,1-6H3. The number of carbonyl (C=O) groups excluding carboxylic acids is 1. The summed E-state index contributed by atoms with van der Waals surface area (Å²) in [6, 6.07) is 0.130. The van der Waals surface area contributed by atoms with E-state index >= 15 is 0 Å². The van der Waals surface area contributed by atoms with E-state index in [9.17, 15) is 4.79 Å². The van der Waals surface area contributed by atoms with E-state index in [-0.39, 0.29) is 11.9 Å². The van der Waals surface area contributed by atoms with E-state index in [4.69, 9.17) is 5.73 Å². The van der Waals surface area contributed by atoms with E-state index in [1.54, 1.807) is 4.90 Å². The molecule has 0 saturated carbocycles. The smallest absolute Gasteiger partial charge is 0.257 e. The van der Waals surface area contributed by atoms with Crippen LogP contribution in [0.4, 0.5) is 0 Å². The lowest BCUT2D eigenvalue weighted by molar-refractivity contribution is 0.0787. The summed E-state index contributed by atoms with van der Waals surface area (Å²) in [5.41, 5.74) is 8.56. The van der Waals surface area contributed by atoms with Gasteiger partial charge >= 0.3 is 0 Å². The maximum Gasteiger partial charge on any atom is 0.257 e. The molecule has 1 amide bonds. The third kappa shape index (κ3) is 4.30. The predicted molar refractivity (Wildman–Crippen MR) is 86.4 cm³/mol. The maximum atomic E-state index is 12.6. The van der Waals surface area contributed by atoms with Gasteiger partial charge in [-0.05, 0) is 32.6 Å². The number of hydrogen-bond donors (Lipinski definition) is 1. The summed E-state index contributed by atoms with van der Waals surface area (Å²) in [4.78, 5) is 14.4. The lowest BCUT2D eigenvalue weighted by atomic mass is 10.0. The minimum absolute atomic E-state index is 0.0447. The third-order valence-corrected chi connectivity index (χ3v) is 4.03. The molecule has 1 rings (SSSR count). The molecule has 0 radical (unpaired) electrons. The first-order valence-corrected chi connectivity index (χ1v) is 7.84. The Hall–Kier alpha value is -1.36. The number of carbonyl (C=O) groups is 1. The van der Waals surface area contributed by atoms with Gasteiger partial charge in [0.2, 0.25) is 0 Å². The zero-order chi connectivity index (χ0) is 16.2. The average Bonchev–Trinajstić information content (AvgIpc) is 2.70. The second kappa shape index (κ2) is 7.59. The van der Waals surface area contributed by atoms with Crippen molar-refractivity contribution < 1.29 is 4.79 Å². The summed E-state index contributed by atoms with van der Waals surface area (Å²) >= 11 is 0. The number of amides is 1. The molecule has 0 saturated heterocycles. The fourth-order valence-electron chi connectivity index (χ4n) is 2.40. The van der Waals surface area contributed by atoms with Crippen LogP contribution < -0.4 is 5.73 Å². The van der Waals surface area contributed by atoms with Gasteiger partial charge in [-0.25, -0.2) is 0 Å². The predicted octanol–water partition coefficient (Wildman–Crippen LogP) is 2.36. The van der Waals surface area contributed by atoms with Gasteiger partial charge in [0.25, 0.3) is 5.91 Å². The molecule has 0 aliphatic carbocycles. The van der Waals surface area contributed by atoms with Crippen molar-refractivity contribution in [2.24, 2.45) is 11.7 Å². The molecular weight excluding hydrogens is 264 g/mol. The Kier molecular flexibility index (Phi) is 6.40. The molecule has 1 unspecified atom stereocenters. The highest BCUT2D eigenvalue weighted by molar-refractivity contribution is 5.96. The Bertz CT molecular complexity index is 479. The van der Waals surface area contributed by atoms with E-state index in [1.165, 1.54) is 0 Å². The first kappa shape index (κ1) is 17.7. The second-order valence-electron chi connectivity index (χ2n) is 6.19. The Morgan fingerprint density at radius 3 is 2.52 bits per heavy atom. The van der Waals surface area contributed by atoms with Crippen molar-refractivity contribution in [2.45, 2.75) is 60.0 Å². The molecule has 2 N–H and O–H groups in total. The molecule has 0 aromatic carbocycles. The molecule has 0 spiro atoms. The van der Waals surface area contributed by atoms with Gasteiger partial charge in [0.1, 0.15) is 0 Å². The van der Waals surface area contributed by atoms with E-state index in [0.29, 0.717) is 12.5 Å². The zero-order valence-corrected chi connectivity index (χ0v) is 14.3. The van der Waals surface area contributed by atoms with Gasteiger partial charge in [-0.1, -0.05) is 20.8 Å². The lowest BCUT2D eigenvalue weighted by Gasteiger charge is -2.21. The molecule has 0 aliphatic heterocycles. The van der Waals surface area contributed by atoms with Crippen LogP contribution in [0.1, 0.15) is 55.4 Å². The van der Waals surface area contributed by atoms with Gasteiger partial charge in [-0.2, -0.15) is 5.10 Å². The molecule has 1 atom stereocenters. The average molecular weight is 294 g/mol. The van der Waals surface area contributed by atoms with Crippen LogP contribution in [-0.4, -0.2) is 40.2 Å². The fraction of sp³-hybridized carbons (Fsp3) is 0.750. The minimum atomic E-state index is 0.0447. The van der Waals surface area contributed by atoms with Crippen molar-refractivity contribution in [2.75, 3.05) is 13.6 Å². The molecule has 0 aliphatic rings. The van der Waals surface area contributed by atoms with Crippen molar-refractivity contribution in [3.05, 3.63) is 17.0 Å². The molecule has 5 nitrogen and oxygen atoms in total. The van der Waals surface area contributed by atoms with Crippen molar-refractivity contribution >= 4 is 5.91 Å². The molecule has 0 bridgehead atoms. The quantitative estimate of drug-likeness (QED) is 0.839. The Morgan fingerprint density at radius 1 is 1.38 bits per heavy atom. The first-order valence-electron chi connectivity index (χ1n) is 7.84. The normalized spacial score (nSPS) is 12.8. The van der Waals surface area contributed by atoms with Crippen LogP contribution in [0.5, 0.6) is 0 Å². The molecule has 120 valence electrons. The first-order chi connectivity index (χ1) is 9.79. The Balaban J connectivity index is 2.79. The van der Waals surface area contributed by atoms with Crippen LogP contribution in [-0.2, 0) is 6.54 Å². The largest absolute Gasteiger partial charge is 0.342 e. The molecule has 5 heteroatoms. The molecular formula is C16H30N4O. The van der Waals surface area contributed by atoms with Crippen LogP contribution in [0.3, 0.4) is 0 Å². The zero-order valence-electron chi connectivity index (χ0n) is 14.3. The van der Waals surface area contributed by atoms with Crippen LogP contribution in [0.15, 0.2) is 0 Å². The summed E-state index contributed by atoms with van der Waals surface area (Å²) in [5, 5.41) is 4.47. The number of rotatable bonds is 7. The highest BCUT2D eigenvalue weighted by atomic mass is 16.2. The summed E-state index contributed by atoms with van der Waals surface area (Å²) in [5.74, 6) is 0.479. The summed E-state index contributed by atoms with van der Waals surface area (Å²) in [6.45, 7) is 11.7. The number of hydrogen-bond acceptors (Lipinski definition) is 3. The minimum Gasteiger partial charge on any atom is -0.342 e. The summed E-state index contributed by atoms with van der Waals surface area (Å²) in [6.07, 6.45) is 1.83. The molecule has 1 heterocycles. The van der Waals surface area contributed by atoms with Gasteiger partial charge in [0, 0.05) is 31.9 Å². The van der Waals surface area contributed by atoms with E-state index < -0.39 is 0 Å². The van der Waals surface area contributed by atoms with Crippen LogP contribution in [0.2, 0.25) is 0 Å². The third-order valence-electron chi connectivity index (χ3n) is 4.03. The van der Waals surface area contributed by atoms with Crippen molar-refractivity contribution in [3.8, 4) is 0 Å². The fourth-order valence-corrected chi connectivity index (χ4v) is 2.40. The maximum absolute atomic E-state index is 12.6. The summed E-state index contributed by atoms with van der Waals surface area (Å²) < 4.78 is 1.93. The van der Waals surface area contributed by atoms with E-state index in [2.05, 4.69) is 25.9 Å². The van der Waals surface area contributed by atoms with Gasteiger partial charge < -0.3 is 10.6 Å². The van der Waals surface area contributed by atoms with Crippen molar-refractivity contribution in [1.29, 1.82) is 0 Å².